The largest absolute Gasteiger partial charge is 0.477 e. The number of nitro groups is 1. The molecule has 0 aliphatic rings. The van der Waals surface area contributed by atoms with E-state index in [4.69, 9.17) is 9.84 Å². The fraction of sp³-hybridized carbons (Fsp3) is 0.500. The van der Waals surface area contributed by atoms with Gasteiger partial charge in [-0.2, -0.15) is 0 Å². The van der Waals surface area contributed by atoms with Crippen molar-refractivity contribution in [1.82, 2.24) is 4.98 Å². The van der Waals surface area contributed by atoms with Crippen LogP contribution in [0.5, 0.6) is 5.88 Å². The molecule has 19 heavy (non-hydrogen) atoms. The third-order valence-corrected chi connectivity index (χ3v) is 2.58. The smallest absolute Gasteiger partial charge is 0.342 e. The number of carbonyl (C=O) groups is 1. The maximum absolute atomic E-state index is 10.9. The number of hydrogen-bond donors (Lipinski definition) is 1. The molecular formula is C12H16N2O5. The van der Waals surface area contributed by atoms with E-state index < -0.39 is 22.1 Å². The van der Waals surface area contributed by atoms with Crippen molar-refractivity contribution in [2.24, 2.45) is 5.92 Å². The van der Waals surface area contributed by atoms with Crippen LogP contribution in [0.25, 0.3) is 0 Å². The summed E-state index contributed by atoms with van der Waals surface area (Å²) in [5, 5.41) is 19.6. The van der Waals surface area contributed by atoms with Crippen LogP contribution in [0.3, 0.4) is 0 Å². The molecule has 0 aliphatic carbocycles. The van der Waals surface area contributed by atoms with Gasteiger partial charge in [-0.15, -0.1) is 0 Å². The van der Waals surface area contributed by atoms with Crippen LogP contribution >= 0.6 is 0 Å². The van der Waals surface area contributed by atoms with Gasteiger partial charge < -0.3 is 9.84 Å². The zero-order chi connectivity index (χ0) is 14.4. The van der Waals surface area contributed by atoms with E-state index in [1.54, 1.807) is 0 Å². The minimum absolute atomic E-state index is 0.0888. The van der Waals surface area contributed by atoms with Crippen LogP contribution in [-0.2, 0) is 0 Å². The molecule has 0 aliphatic heterocycles. The van der Waals surface area contributed by atoms with Crippen LogP contribution < -0.4 is 4.74 Å². The molecule has 1 atom stereocenters. The van der Waals surface area contributed by atoms with Crippen molar-refractivity contribution >= 4 is 11.7 Å². The molecule has 1 aromatic heterocycles. The second kappa shape index (κ2) is 6.67. The van der Waals surface area contributed by atoms with Gasteiger partial charge in [0.25, 0.3) is 0 Å². The van der Waals surface area contributed by atoms with Gasteiger partial charge in [-0.25, -0.2) is 9.78 Å². The molecule has 0 radical (unpaired) electrons. The first-order valence-electron chi connectivity index (χ1n) is 5.96. The van der Waals surface area contributed by atoms with Gasteiger partial charge in [-0.05, 0) is 12.3 Å². The fourth-order valence-electron chi connectivity index (χ4n) is 1.63. The topological polar surface area (TPSA) is 103 Å². The first kappa shape index (κ1) is 14.9. The number of carboxylic acids is 1. The van der Waals surface area contributed by atoms with Crippen molar-refractivity contribution in [3.05, 3.63) is 27.9 Å². The summed E-state index contributed by atoms with van der Waals surface area (Å²) in [6.07, 6.45) is 2.92. The molecule has 1 aromatic rings. The zero-order valence-electron chi connectivity index (χ0n) is 10.8. The average molecular weight is 268 g/mol. The van der Waals surface area contributed by atoms with Crippen LogP contribution in [-0.4, -0.2) is 27.6 Å². The highest BCUT2D eigenvalue weighted by Crippen LogP contribution is 2.22. The first-order valence-corrected chi connectivity index (χ1v) is 5.96. The normalized spacial score (nSPS) is 11.9. The first-order chi connectivity index (χ1) is 8.95. The molecule has 0 amide bonds. The highest BCUT2D eigenvalue weighted by molar-refractivity contribution is 5.92. The van der Waals surface area contributed by atoms with Crippen LogP contribution in [0.15, 0.2) is 12.3 Å². The number of aromatic nitrogens is 1. The monoisotopic (exact) mass is 268 g/mol. The Bertz CT molecular complexity index is 475. The van der Waals surface area contributed by atoms with Gasteiger partial charge in [0.05, 0.1) is 11.5 Å². The number of pyridine rings is 1. The fourth-order valence-corrected chi connectivity index (χ4v) is 1.63. The van der Waals surface area contributed by atoms with E-state index in [9.17, 15) is 14.9 Å². The second-order valence-corrected chi connectivity index (χ2v) is 4.31. The molecule has 0 fully saturated rings. The van der Waals surface area contributed by atoms with E-state index in [1.165, 1.54) is 0 Å². The molecule has 0 aromatic carbocycles. The Morgan fingerprint density at radius 1 is 1.63 bits per heavy atom. The number of aromatic carboxylic acids is 1. The van der Waals surface area contributed by atoms with Gasteiger partial charge in [0, 0.05) is 6.07 Å². The molecule has 7 nitrogen and oxygen atoms in total. The zero-order valence-corrected chi connectivity index (χ0v) is 10.8. The van der Waals surface area contributed by atoms with Crippen molar-refractivity contribution < 1.29 is 19.6 Å². The molecule has 1 N–H and O–H groups in total. The van der Waals surface area contributed by atoms with Gasteiger partial charge in [0.1, 0.15) is 11.8 Å². The Morgan fingerprint density at radius 2 is 2.32 bits per heavy atom. The third-order valence-electron chi connectivity index (χ3n) is 2.58. The summed E-state index contributed by atoms with van der Waals surface area (Å²) < 4.78 is 5.35. The van der Waals surface area contributed by atoms with Crippen LogP contribution in [0.4, 0.5) is 5.69 Å². The van der Waals surface area contributed by atoms with Gasteiger partial charge in [-0.1, -0.05) is 20.3 Å². The van der Waals surface area contributed by atoms with Crippen molar-refractivity contribution in [3.8, 4) is 5.88 Å². The van der Waals surface area contributed by atoms with Crippen LogP contribution in [0, 0.1) is 16.0 Å². The van der Waals surface area contributed by atoms with E-state index >= 15 is 0 Å². The van der Waals surface area contributed by atoms with E-state index in [2.05, 4.69) is 11.9 Å². The number of hydrogen-bond acceptors (Lipinski definition) is 5. The van der Waals surface area contributed by atoms with Gasteiger partial charge in [0.2, 0.25) is 5.88 Å². The van der Waals surface area contributed by atoms with E-state index in [-0.39, 0.29) is 5.88 Å². The van der Waals surface area contributed by atoms with Crippen molar-refractivity contribution in [3.63, 3.8) is 0 Å². The number of rotatable bonds is 7. The lowest BCUT2D eigenvalue weighted by molar-refractivity contribution is -0.385. The molecule has 104 valence electrons. The summed E-state index contributed by atoms with van der Waals surface area (Å²) in [5.41, 5.74) is -0.959. The molecule has 7 heteroatoms. The maximum Gasteiger partial charge on any atom is 0.342 e. The number of carboxylic acid groups (broad SMARTS) is 1. The highest BCUT2D eigenvalue weighted by Gasteiger charge is 2.21. The second-order valence-electron chi connectivity index (χ2n) is 4.31. The molecule has 1 unspecified atom stereocenters. The van der Waals surface area contributed by atoms with E-state index in [0.717, 1.165) is 25.1 Å². The summed E-state index contributed by atoms with van der Waals surface area (Å²) in [4.78, 5) is 24.6. The maximum atomic E-state index is 10.9. The number of ether oxygens (including phenoxy) is 1. The molecule has 0 saturated carbocycles. The third kappa shape index (κ3) is 4.20. The quantitative estimate of drug-likeness (QED) is 0.602. The minimum Gasteiger partial charge on any atom is -0.477 e. The standard InChI is InChI=1S/C12H16N2O5/c1-3-4-8(2)7-19-11-5-9(12(15)16)10(6-13-11)14(17)18/h5-6,8H,3-4,7H2,1-2H3,(H,15,16). The summed E-state index contributed by atoms with van der Waals surface area (Å²) in [7, 11) is 0. The lowest BCUT2D eigenvalue weighted by Gasteiger charge is -2.11. The Balaban J connectivity index is 2.84. The predicted octanol–water partition coefficient (Wildman–Crippen LogP) is 2.50. The predicted molar refractivity (Wildman–Crippen MR) is 67.4 cm³/mol. The minimum atomic E-state index is -1.37. The summed E-state index contributed by atoms with van der Waals surface area (Å²) in [5.74, 6) is -0.971. The summed E-state index contributed by atoms with van der Waals surface area (Å²) in [6.45, 7) is 4.47. The Morgan fingerprint density at radius 3 is 2.84 bits per heavy atom. The van der Waals surface area contributed by atoms with E-state index in [0.29, 0.717) is 12.5 Å². The molecule has 0 bridgehead atoms. The number of nitrogens with zero attached hydrogens (tertiary/aromatic N) is 2. The molecule has 1 heterocycles. The lowest BCUT2D eigenvalue weighted by atomic mass is 10.1. The Hall–Kier alpha value is -2.18. The van der Waals surface area contributed by atoms with Gasteiger partial charge >= 0.3 is 11.7 Å². The van der Waals surface area contributed by atoms with Crippen LogP contribution in [0.2, 0.25) is 0 Å². The molecule has 0 spiro atoms. The molecule has 0 saturated heterocycles. The van der Waals surface area contributed by atoms with Crippen LogP contribution in [0.1, 0.15) is 37.0 Å². The lowest BCUT2D eigenvalue weighted by Crippen LogP contribution is -2.10. The van der Waals surface area contributed by atoms with Crippen molar-refractivity contribution in [2.75, 3.05) is 6.61 Å². The summed E-state index contributed by atoms with van der Waals surface area (Å²) >= 11 is 0. The molecular weight excluding hydrogens is 252 g/mol. The van der Waals surface area contributed by atoms with E-state index in [1.807, 2.05) is 6.92 Å². The SMILES string of the molecule is CCCC(C)COc1cc(C(=O)O)c([N+](=O)[O-])cn1. The van der Waals surface area contributed by atoms with Crippen molar-refractivity contribution in [2.45, 2.75) is 26.7 Å². The highest BCUT2D eigenvalue weighted by atomic mass is 16.6. The van der Waals surface area contributed by atoms with Gasteiger partial charge in [-0.3, -0.25) is 10.1 Å². The average Bonchev–Trinajstić information content (AvgIpc) is 2.36. The molecule has 1 rings (SSSR count). The Labute approximate surface area is 110 Å². The Kier molecular flexibility index (Phi) is 5.23. The van der Waals surface area contributed by atoms with Crippen molar-refractivity contribution in [1.29, 1.82) is 0 Å². The summed E-state index contributed by atoms with van der Waals surface area (Å²) in [6, 6.07) is 1.08. The van der Waals surface area contributed by atoms with Gasteiger partial charge in [0.15, 0.2) is 0 Å².